The third-order valence-corrected chi connectivity index (χ3v) is 6.89. The van der Waals surface area contributed by atoms with Crippen LogP contribution in [0.25, 0.3) is 0 Å². The minimum absolute atomic E-state index is 0.579. The third-order valence-electron chi connectivity index (χ3n) is 6.89. The molecule has 3 fully saturated rings. The van der Waals surface area contributed by atoms with E-state index >= 15 is 0 Å². The molecule has 2 aliphatic heterocycles. The van der Waals surface area contributed by atoms with Crippen LogP contribution in [0.4, 0.5) is 0 Å². The molecule has 134 valence electrons. The first-order valence-corrected chi connectivity index (χ1v) is 10.3. The highest BCUT2D eigenvalue weighted by Gasteiger charge is 2.45. The van der Waals surface area contributed by atoms with Crippen molar-refractivity contribution in [3.05, 3.63) is 0 Å². The summed E-state index contributed by atoms with van der Waals surface area (Å²) in [6, 6.07) is 0.737. The molecule has 3 nitrogen and oxygen atoms in total. The molecule has 0 N–H and O–H groups in total. The van der Waals surface area contributed by atoms with Crippen LogP contribution in [0.1, 0.15) is 65.7 Å². The molecule has 0 bridgehead atoms. The van der Waals surface area contributed by atoms with Crippen molar-refractivity contribution in [3.63, 3.8) is 0 Å². The van der Waals surface area contributed by atoms with Gasteiger partial charge in [0.2, 0.25) is 0 Å². The van der Waals surface area contributed by atoms with Crippen molar-refractivity contribution in [2.45, 2.75) is 77.3 Å². The molecule has 3 rings (SSSR count). The lowest BCUT2D eigenvalue weighted by Gasteiger charge is -2.56. The summed E-state index contributed by atoms with van der Waals surface area (Å²) in [6.45, 7) is 16.3. The van der Waals surface area contributed by atoms with Crippen LogP contribution >= 0.6 is 0 Å². The highest BCUT2D eigenvalue weighted by atomic mass is 15.3. The average molecular weight is 322 g/mol. The largest absolute Gasteiger partial charge is 0.301 e. The van der Waals surface area contributed by atoms with Gasteiger partial charge in [-0.25, -0.2) is 0 Å². The molecule has 1 spiro atoms. The lowest BCUT2D eigenvalue weighted by molar-refractivity contribution is -0.0542. The summed E-state index contributed by atoms with van der Waals surface area (Å²) in [5.41, 5.74) is 0.579. The topological polar surface area (TPSA) is 9.72 Å². The second-order valence-corrected chi connectivity index (χ2v) is 8.70. The number of likely N-dealkylation sites (tertiary alicyclic amines) is 1. The summed E-state index contributed by atoms with van der Waals surface area (Å²) in [7, 11) is 0. The summed E-state index contributed by atoms with van der Waals surface area (Å²) in [5.74, 6) is 0.982. The van der Waals surface area contributed by atoms with E-state index in [9.17, 15) is 0 Å². The van der Waals surface area contributed by atoms with Gasteiger partial charge in [0.15, 0.2) is 0 Å². The van der Waals surface area contributed by atoms with Crippen LogP contribution in [0, 0.1) is 5.92 Å². The Balaban J connectivity index is 1.41. The first-order chi connectivity index (χ1) is 11.1. The highest BCUT2D eigenvalue weighted by molar-refractivity contribution is 5.03. The van der Waals surface area contributed by atoms with E-state index in [1.54, 1.807) is 0 Å². The fraction of sp³-hybridized carbons (Fsp3) is 1.00. The van der Waals surface area contributed by atoms with Gasteiger partial charge in [-0.1, -0.05) is 6.92 Å². The summed E-state index contributed by atoms with van der Waals surface area (Å²) in [6.07, 6.45) is 9.98. The Kier molecular flexibility index (Phi) is 6.03. The zero-order valence-electron chi connectivity index (χ0n) is 15.9. The predicted molar refractivity (Wildman–Crippen MR) is 98.9 cm³/mol. The van der Waals surface area contributed by atoms with Crippen molar-refractivity contribution in [1.29, 1.82) is 0 Å². The number of piperazine rings is 1. The van der Waals surface area contributed by atoms with Crippen LogP contribution in [0.15, 0.2) is 0 Å². The molecule has 3 heteroatoms. The van der Waals surface area contributed by atoms with E-state index in [4.69, 9.17) is 0 Å². The molecular weight excluding hydrogens is 282 g/mol. The molecule has 0 aromatic heterocycles. The van der Waals surface area contributed by atoms with Gasteiger partial charge < -0.3 is 9.80 Å². The highest BCUT2D eigenvalue weighted by Crippen LogP contribution is 2.40. The molecule has 2 saturated heterocycles. The van der Waals surface area contributed by atoms with Gasteiger partial charge in [0.25, 0.3) is 0 Å². The fourth-order valence-electron chi connectivity index (χ4n) is 5.09. The lowest BCUT2D eigenvalue weighted by atomic mass is 9.73. The third kappa shape index (κ3) is 4.11. The molecule has 23 heavy (non-hydrogen) atoms. The Morgan fingerprint density at radius 2 is 1.74 bits per heavy atom. The van der Waals surface area contributed by atoms with Crippen molar-refractivity contribution >= 4 is 0 Å². The van der Waals surface area contributed by atoms with Gasteiger partial charge in [0.1, 0.15) is 0 Å². The van der Waals surface area contributed by atoms with Crippen LogP contribution in [0.3, 0.4) is 0 Å². The molecule has 0 unspecified atom stereocenters. The Morgan fingerprint density at radius 1 is 1.00 bits per heavy atom. The standard InChI is InChI=1S/C20H39N3/c1-4-11-23-16-15-21(17-20(23)9-5-10-20)12-6-19-7-13-22(14-8-19)18(2)3/h18-19H,4-17H2,1-3H3. The van der Waals surface area contributed by atoms with E-state index in [2.05, 4.69) is 35.5 Å². The van der Waals surface area contributed by atoms with Crippen LogP contribution in [-0.4, -0.2) is 72.1 Å². The molecule has 0 atom stereocenters. The average Bonchev–Trinajstić information content (AvgIpc) is 2.53. The molecular formula is C20H39N3. The number of hydrogen-bond acceptors (Lipinski definition) is 3. The van der Waals surface area contributed by atoms with Gasteiger partial charge in [-0.05, 0) is 90.9 Å². The van der Waals surface area contributed by atoms with Gasteiger partial charge in [0, 0.05) is 31.2 Å². The predicted octanol–water partition coefficient (Wildman–Crippen LogP) is 3.45. The smallest absolute Gasteiger partial charge is 0.0337 e. The van der Waals surface area contributed by atoms with Crippen LogP contribution in [-0.2, 0) is 0 Å². The SMILES string of the molecule is CCCN1CCN(CCC2CCN(C(C)C)CC2)CC12CCC2. The second-order valence-electron chi connectivity index (χ2n) is 8.70. The summed E-state index contributed by atoms with van der Waals surface area (Å²) >= 11 is 0. The van der Waals surface area contributed by atoms with Gasteiger partial charge in [-0.15, -0.1) is 0 Å². The van der Waals surface area contributed by atoms with E-state index in [1.807, 2.05) is 0 Å². The normalized spacial score (nSPS) is 27.7. The minimum Gasteiger partial charge on any atom is -0.301 e. The molecule has 1 saturated carbocycles. The first-order valence-electron chi connectivity index (χ1n) is 10.3. The number of hydrogen-bond donors (Lipinski definition) is 0. The van der Waals surface area contributed by atoms with E-state index in [0.29, 0.717) is 5.54 Å². The molecule has 0 amide bonds. The van der Waals surface area contributed by atoms with Crippen molar-refractivity contribution in [2.75, 3.05) is 45.8 Å². The minimum atomic E-state index is 0.579. The number of rotatable bonds is 6. The van der Waals surface area contributed by atoms with Gasteiger partial charge in [-0.2, -0.15) is 0 Å². The zero-order chi connectivity index (χ0) is 16.3. The van der Waals surface area contributed by atoms with E-state index in [0.717, 1.165) is 12.0 Å². The van der Waals surface area contributed by atoms with Crippen molar-refractivity contribution in [1.82, 2.24) is 14.7 Å². The number of nitrogens with zero attached hydrogens (tertiary/aromatic N) is 3. The van der Waals surface area contributed by atoms with Gasteiger partial charge >= 0.3 is 0 Å². The molecule has 1 aliphatic carbocycles. The first kappa shape index (κ1) is 17.7. The summed E-state index contributed by atoms with van der Waals surface area (Å²) in [4.78, 5) is 8.29. The van der Waals surface area contributed by atoms with E-state index in [-0.39, 0.29) is 0 Å². The molecule has 0 aromatic rings. The summed E-state index contributed by atoms with van der Waals surface area (Å²) < 4.78 is 0. The zero-order valence-corrected chi connectivity index (χ0v) is 15.9. The summed E-state index contributed by atoms with van der Waals surface area (Å²) in [5, 5.41) is 0. The second kappa shape index (κ2) is 7.84. The van der Waals surface area contributed by atoms with Crippen molar-refractivity contribution < 1.29 is 0 Å². The Bertz CT molecular complexity index is 356. The number of piperidine rings is 1. The fourth-order valence-corrected chi connectivity index (χ4v) is 5.09. The maximum atomic E-state index is 2.83. The maximum Gasteiger partial charge on any atom is 0.0337 e. The van der Waals surface area contributed by atoms with E-state index in [1.165, 1.54) is 90.8 Å². The van der Waals surface area contributed by atoms with Crippen LogP contribution < -0.4 is 0 Å². The van der Waals surface area contributed by atoms with Gasteiger partial charge in [0.05, 0.1) is 0 Å². The Hall–Kier alpha value is -0.120. The molecule has 2 heterocycles. The molecule has 0 aromatic carbocycles. The quantitative estimate of drug-likeness (QED) is 0.742. The van der Waals surface area contributed by atoms with E-state index < -0.39 is 0 Å². The molecule has 3 aliphatic rings. The Morgan fingerprint density at radius 3 is 2.30 bits per heavy atom. The molecule has 0 radical (unpaired) electrons. The van der Waals surface area contributed by atoms with Gasteiger partial charge in [-0.3, -0.25) is 4.90 Å². The maximum absolute atomic E-state index is 2.83. The van der Waals surface area contributed by atoms with Crippen LogP contribution in [0.2, 0.25) is 0 Å². The monoisotopic (exact) mass is 321 g/mol. The van der Waals surface area contributed by atoms with Crippen LogP contribution in [0.5, 0.6) is 0 Å². The Labute approximate surface area is 144 Å². The van der Waals surface area contributed by atoms with Crippen molar-refractivity contribution in [2.24, 2.45) is 5.92 Å². The lowest BCUT2D eigenvalue weighted by Crippen LogP contribution is -2.65. The van der Waals surface area contributed by atoms with Crippen molar-refractivity contribution in [3.8, 4) is 0 Å².